The van der Waals surface area contributed by atoms with Gasteiger partial charge in [0.05, 0.1) is 0 Å². The first-order chi connectivity index (χ1) is 13.1. The lowest BCUT2D eigenvalue weighted by molar-refractivity contribution is 0.0924. The Kier molecular flexibility index (Phi) is 5.45. The quantitative estimate of drug-likeness (QED) is 0.615. The third kappa shape index (κ3) is 4.01. The van der Waals surface area contributed by atoms with E-state index in [-0.39, 0.29) is 5.91 Å². The lowest BCUT2D eigenvalue weighted by atomic mass is 10.1. The molecule has 0 saturated carbocycles. The fourth-order valence-corrected chi connectivity index (χ4v) is 4.58. The summed E-state index contributed by atoms with van der Waals surface area (Å²) in [7, 11) is 0. The summed E-state index contributed by atoms with van der Waals surface area (Å²) >= 11 is 5.47. The first kappa shape index (κ1) is 18.4. The molecule has 1 aromatic heterocycles. The Hall–Kier alpha value is -1.92. The largest absolute Gasteiger partial charge is 0.451 e. The van der Waals surface area contributed by atoms with Gasteiger partial charge < -0.3 is 14.6 Å². The summed E-state index contributed by atoms with van der Waals surface area (Å²) in [6, 6.07) is 14.2. The van der Waals surface area contributed by atoms with Crippen LogP contribution in [0.3, 0.4) is 0 Å². The molecule has 1 fully saturated rings. The predicted molar refractivity (Wildman–Crippen MR) is 116 cm³/mol. The van der Waals surface area contributed by atoms with Crippen molar-refractivity contribution in [3.63, 3.8) is 0 Å². The van der Waals surface area contributed by atoms with Gasteiger partial charge in [-0.3, -0.25) is 4.79 Å². The van der Waals surface area contributed by atoms with E-state index in [0.29, 0.717) is 12.3 Å². The van der Waals surface area contributed by atoms with Crippen LogP contribution in [-0.2, 0) is 6.54 Å². The second-order valence-electron chi connectivity index (χ2n) is 6.65. The number of thioether (sulfide) groups is 1. The maximum absolute atomic E-state index is 12.6. The summed E-state index contributed by atoms with van der Waals surface area (Å²) < 4.78 is 6.73. The van der Waals surface area contributed by atoms with Crippen molar-refractivity contribution < 1.29 is 9.21 Å². The van der Waals surface area contributed by atoms with E-state index >= 15 is 0 Å². The molecular formula is C21H21BrN2O2S. The Labute approximate surface area is 171 Å². The molecule has 0 bridgehead atoms. The molecule has 0 aliphatic carbocycles. The molecular weight excluding hydrogens is 424 g/mol. The molecule has 4 nitrogen and oxygen atoms in total. The van der Waals surface area contributed by atoms with Crippen molar-refractivity contribution in [3.8, 4) is 0 Å². The van der Waals surface area contributed by atoms with Crippen LogP contribution in [0.5, 0.6) is 0 Å². The van der Waals surface area contributed by atoms with Gasteiger partial charge in [0.15, 0.2) is 5.76 Å². The number of hydrogen-bond acceptors (Lipinski definition) is 4. The highest BCUT2D eigenvalue weighted by Crippen LogP contribution is 2.28. The number of amides is 1. The molecule has 0 unspecified atom stereocenters. The fraction of sp³-hybridized carbons (Fsp3) is 0.286. The second kappa shape index (κ2) is 7.98. The van der Waals surface area contributed by atoms with Gasteiger partial charge in [-0.2, -0.15) is 11.8 Å². The first-order valence-electron chi connectivity index (χ1n) is 9.00. The smallest absolute Gasteiger partial charge is 0.287 e. The maximum atomic E-state index is 12.6. The third-order valence-corrected chi connectivity index (χ3v) is 6.31. The van der Waals surface area contributed by atoms with Gasteiger partial charge >= 0.3 is 0 Å². The third-order valence-electron chi connectivity index (χ3n) is 4.87. The minimum atomic E-state index is -0.183. The summed E-state index contributed by atoms with van der Waals surface area (Å²) in [5.74, 6) is 2.57. The van der Waals surface area contributed by atoms with Crippen LogP contribution in [0, 0.1) is 6.92 Å². The van der Waals surface area contributed by atoms with E-state index in [0.717, 1.165) is 39.7 Å². The Bertz CT molecular complexity index is 962. The molecule has 6 heteroatoms. The molecule has 0 spiro atoms. The predicted octanol–water partition coefficient (Wildman–Crippen LogP) is 4.99. The Balaban J connectivity index is 1.42. The van der Waals surface area contributed by atoms with Crippen LogP contribution in [0.25, 0.3) is 11.0 Å². The lowest BCUT2D eigenvalue weighted by Crippen LogP contribution is -2.32. The van der Waals surface area contributed by atoms with Crippen LogP contribution >= 0.6 is 27.7 Å². The lowest BCUT2D eigenvalue weighted by Gasteiger charge is -2.28. The molecule has 2 aromatic carbocycles. The summed E-state index contributed by atoms with van der Waals surface area (Å²) in [5.41, 5.74) is 3.92. The normalized spacial score (nSPS) is 14.5. The fourth-order valence-electron chi connectivity index (χ4n) is 3.32. The SMILES string of the molecule is Cc1c(C(=O)NCc2ccc(N3CCSCC3)cc2)oc2ccc(Br)cc12. The van der Waals surface area contributed by atoms with Crippen LogP contribution in [0.4, 0.5) is 5.69 Å². The van der Waals surface area contributed by atoms with Crippen molar-refractivity contribution in [2.24, 2.45) is 0 Å². The average Bonchev–Trinajstić information content (AvgIpc) is 3.03. The number of carbonyl (C=O) groups is 1. The van der Waals surface area contributed by atoms with Gasteiger partial charge in [-0.15, -0.1) is 0 Å². The number of carbonyl (C=O) groups excluding carboxylic acids is 1. The van der Waals surface area contributed by atoms with Crippen LogP contribution in [0.1, 0.15) is 21.7 Å². The van der Waals surface area contributed by atoms with Gasteiger partial charge in [0.25, 0.3) is 5.91 Å². The number of fused-ring (bicyclic) bond motifs is 1. The van der Waals surface area contributed by atoms with Crippen molar-refractivity contribution in [1.29, 1.82) is 0 Å². The Morgan fingerprint density at radius 3 is 2.67 bits per heavy atom. The molecule has 1 amide bonds. The van der Waals surface area contributed by atoms with Crippen LogP contribution in [0.2, 0.25) is 0 Å². The van der Waals surface area contributed by atoms with Gasteiger partial charge in [-0.1, -0.05) is 28.1 Å². The molecule has 4 rings (SSSR count). The van der Waals surface area contributed by atoms with Crippen LogP contribution < -0.4 is 10.2 Å². The summed E-state index contributed by atoms with van der Waals surface area (Å²) in [6.45, 7) is 4.60. The first-order valence-corrected chi connectivity index (χ1v) is 10.9. The van der Waals surface area contributed by atoms with Gasteiger partial charge in [0, 0.05) is 52.2 Å². The van der Waals surface area contributed by atoms with E-state index < -0.39 is 0 Å². The van der Waals surface area contributed by atoms with Crippen LogP contribution in [-0.4, -0.2) is 30.5 Å². The molecule has 0 radical (unpaired) electrons. The molecule has 1 aliphatic heterocycles. The van der Waals surface area contributed by atoms with Gasteiger partial charge in [0.1, 0.15) is 5.58 Å². The number of halogens is 1. The zero-order valence-electron chi connectivity index (χ0n) is 15.1. The molecule has 27 heavy (non-hydrogen) atoms. The molecule has 1 N–H and O–H groups in total. The monoisotopic (exact) mass is 444 g/mol. The average molecular weight is 445 g/mol. The number of nitrogens with zero attached hydrogens (tertiary/aromatic N) is 1. The molecule has 1 saturated heterocycles. The molecule has 140 valence electrons. The maximum Gasteiger partial charge on any atom is 0.287 e. The summed E-state index contributed by atoms with van der Waals surface area (Å²) in [6.07, 6.45) is 0. The van der Waals surface area contributed by atoms with Gasteiger partial charge in [-0.25, -0.2) is 0 Å². The Morgan fingerprint density at radius 2 is 1.93 bits per heavy atom. The number of aryl methyl sites for hydroxylation is 1. The summed E-state index contributed by atoms with van der Waals surface area (Å²) in [5, 5.41) is 3.93. The number of nitrogens with one attached hydrogen (secondary N) is 1. The number of rotatable bonds is 4. The zero-order chi connectivity index (χ0) is 18.8. The van der Waals surface area contributed by atoms with E-state index in [1.807, 2.05) is 36.9 Å². The van der Waals surface area contributed by atoms with Gasteiger partial charge in [-0.05, 0) is 42.8 Å². The highest BCUT2D eigenvalue weighted by Gasteiger charge is 2.17. The number of hydrogen-bond donors (Lipinski definition) is 1. The molecule has 2 heterocycles. The standard InChI is InChI=1S/C21H21BrN2O2S/c1-14-18-12-16(22)4-7-19(18)26-20(14)21(25)23-13-15-2-5-17(6-3-15)24-8-10-27-11-9-24/h2-7,12H,8-11,13H2,1H3,(H,23,25). The van der Waals surface area contributed by atoms with Gasteiger partial charge in [0.2, 0.25) is 0 Å². The van der Waals surface area contributed by atoms with E-state index in [1.54, 1.807) is 0 Å². The molecule has 0 atom stereocenters. The van der Waals surface area contributed by atoms with Crippen molar-refractivity contribution in [2.75, 3.05) is 29.5 Å². The number of furan rings is 1. The van der Waals surface area contributed by atoms with Crippen molar-refractivity contribution in [2.45, 2.75) is 13.5 Å². The van der Waals surface area contributed by atoms with E-state index in [9.17, 15) is 4.79 Å². The highest BCUT2D eigenvalue weighted by atomic mass is 79.9. The molecule has 1 aliphatic rings. The van der Waals surface area contributed by atoms with Crippen LogP contribution in [0.15, 0.2) is 51.4 Å². The topological polar surface area (TPSA) is 45.5 Å². The van der Waals surface area contributed by atoms with E-state index in [1.165, 1.54) is 17.2 Å². The Morgan fingerprint density at radius 1 is 1.19 bits per heavy atom. The zero-order valence-corrected chi connectivity index (χ0v) is 17.5. The number of anilines is 1. The van der Waals surface area contributed by atoms with Crippen molar-refractivity contribution in [1.82, 2.24) is 5.32 Å². The number of benzene rings is 2. The highest BCUT2D eigenvalue weighted by molar-refractivity contribution is 9.10. The van der Waals surface area contributed by atoms with E-state index in [2.05, 4.69) is 50.4 Å². The minimum absolute atomic E-state index is 0.183. The van der Waals surface area contributed by atoms with E-state index in [4.69, 9.17) is 4.42 Å². The second-order valence-corrected chi connectivity index (χ2v) is 8.79. The van der Waals surface area contributed by atoms with Crippen molar-refractivity contribution in [3.05, 3.63) is 63.8 Å². The van der Waals surface area contributed by atoms with Crippen molar-refractivity contribution >= 4 is 50.3 Å². The summed E-state index contributed by atoms with van der Waals surface area (Å²) in [4.78, 5) is 15.0. The minimum Gasteiger partial charge on any atom is -0.451 e. The molecule has 3 aromatic rings.